The normalized spacial score (nSPS) is 10.2. The summed E-state index contributed by atoms with van der Waals surface area (Å²) in [6.45, 7) is 1.71. The first-order valence-corrected chi connectivity index (χ1v) is 6.46. The summed E-state index contributed by atoms with van der Waals surface area (Å²) in [4.78, 5) is 12.0. The molecular formula is C15H12F2N2OS. The van der Waals surface area contributed by atoms with Gasteiger partial charge in [0.1, 0.15) is 16.6 Å². The van der Waals surface area contributed by atoms with Crippen LogP contribution in [0, 0.1) is 18.6 Å². The number of anilines is 1. The predicted octanol–water partition coefficient (Wildman–Crippen LogP) is 3.16. The summed E-state index contributed by atoms with van der Waals surface area (Å²) in [6, 6.07) is 8.11. The van der Waals surface area contributed by atoms with Crippen LogP contribution in [0.2, 0.25) is 0 Å². The number of hydrogen-bond donors (Lipinski definition) is 2. The van der Waals surface area contributed by atoms with Crippen LogP contribution < -0.4 is 11.1 Å². The van der Waals surface area contributed by atoms with Gasteiger partial charge < -0.3 is 11.1 Å². The number of aryl methyl sites for hydroxylation is 1. The van der Waals surface area contributed by atoms with Crippen molar-refractivity contribution in [3.8, 4) is 0 Å². The first-order chi connectivity index (χ1) is 9.88. The minimum Gasteiger partial charge on any atom is -0.389 e. The monoisotopic (exact) mass is 306 g/mol. The van der Waals surface area contributed by atoms with Crippen molar-refractivity contribution in [2.24, 2.45) is 5.73 Å². The molecule has 0 saturated carbocycles. The molecule has 0 aliphatic carbocycles. The highest BCUT2D eigenvalue weighted by Gasteiger charge is 2.14. The Morgan fingerprint density at radius 2 is 1.86 bits per heavy atom. The zero-order chi connectivity index (χ0) is 15.6. The number of thiocarbonyl (C=S) groups is 1. The van der Waals surface area contributed by atoms with Crippen LogP contribution in [0.25, 0.3) is 0 Å². The molecule has 2 rings (SSSR count). The van der Waals surface area contributed by atoms with Crippen LogP contribution in [-0.4, -0.2) is 10.9 Å². The van der Waals surface area contributed by atoms with E-state index in [9.17, 15) is 13.6 Å². The molecule has 108 valence electrons. The number of nitrogens with one attached hydrogen (secondary N) is 1. The smallest absolute Gasteiger partial charge is 0.258 e. The number of hydrogen-bond acceptors (Lipinski definition) is 2. The topological polar surface area (TPSA) is 55.1 Å². The van der Waals surface area contributed by atoms with Crippen LogP contribution in [0.15, 0.2) is 36.4 Å². The van der Waals surface area contributed by atoms with Crippen molar-refractivity contribution in [3.63, 3.8) is 0 Å². The zero-order valence-electron chi connectivity index (χ0n) is 11.1. The van der Waals surface area contributed by atoms with Crippen LogP contribution in [-0.2, 0) is 0 Å². The van der Waals surface area contributed by atoms with Gasteiger partial charge >= 0.3 is 0 Å². The lowest BCUT2D eigenvalue weighted by molar-refractivity contribution is 0.102. The highest BCUT2D eigenvalue weighted by atomic mass is 32.1. The van der Waals surface area contributed by atoms with Crippen LogP contribution in [0.3, 0.4) is 0 Å². The summed E-state index contributed by atoms with van der Waals surface area (Å²) >= 11 is 4.73. The highest BCUT2D eigenvalue weighted by Crippen LogP contribution is 2.18. The standard InChI is InChI=1S/C15H12F2N2OS/c1-8-2-4-10(11(16)6-8)15(20)19-13-5-3-9(14(18)21)7-12(13)17/h2-7H,1H3,(H2,18,21)(H,19,20). The van der Waals surface area contributed by atoms with Gasteiger partial charge in [-0.15, -0.1) is 0 Å². The van der Waals surface area contributed by atoms with Gasteiger partial charge in [0.25, 0.3) is 5.91 Å². The van der Waals surface area contributed by atoms with Gasteiger partial charge in [-0.25, -0.2) is 8.78 Å². The Bertz CT molecular complexity index is 732. The molecule has 0 spiro atoms. The molecule has 2 aromatic rings. The van der Waals surface area contributed by atoms with E-state index in [-0.39, 0.29) is 16.2 Å². The summed E-state index contributed by atoms with van der Waals surface area (Å²) in [5.41, 5.74) is 6.20. The lowest BCUT2D eigenvalue weighted by Gasteiger charge is -2.09. The molecule has 0 bridgehead atoms. The average molecular weight is 306 g/mol. The van der Waals surface area contributed by atoms with E-state index in [4.69, 9.17) is 18.0 Å². The highest BCUT2D eigenvalue weighted by molar-refractivity contribution is 7.80. The molecular weight excluding hydrogens is 294 g/mol. The third-order valence-electron chi connectivity index (χ3n) is 2.87. The second kappa shape index (κ2) is 5.97. The maximum atomic E-state index is 13.8. The Morgan fingerprint density at radius 1 is 1.14 bits per heavy atom. The van der Waals surface area contributed by atoms with E-state index < -0.39 is 17.5 Å². The minimum absolute atomic E-state index is 0.0522. The molecule has 0 unspecified atom stereocenters. The van der Waals surface area contributed by atoms with E-state index >= 15 is 0 Å². The van der Waals surface area contributed by atoms with Gasteiger partial charge in [-0.3, -0.25) is 4.79 Å². The fourth-order valence-corrected chi connectivity index (χ4v) is 1.89. The predicted molar refractivity (Wildman–Crippen MR) is 81.4 cm³/mol. The van der Waals surface area contributed by atoms with Gasteiger partial charge in [-0.1, -0.05) is 18.3 Å². The molecule has 3 nitrogen and oxygen atoms in total. The summed E-state index contributed by atoms with van der Waals surface area (Å²) in [5, 5.41) is 2.31. The van der Waals surface area contributed by atoms with E-state index in [1.165, 1.54) is 24.3 Å². The number of carbonyl (C=O) groups is 1. The third kappa shape index (κ3) is 3.41. The molecule has 0 saturated heterocycles. The molecule has 0 aromatic heterocycles. The lowest BCUT2D eigenvalue weighted by Crippen LogP contribution is -2.16. The average Bonchev–Trinajstić information content (AvgIpc) is 2.40. The second-order valence-corrected chi connectivity index (χ2v) is 4.94. The van der Waals surface area contributed by atoms with Gasteiger partial charge in [0, 0.05) is 5.56 Å². The maximum Gasteiger partial charge on any atom is 0.258 e. The van der Waals surface area contributed by atoms with Crippen molar-refractivity contribution < 1.29 is 13.6 Å². The number of nitrogens with two attached hydrogens (primary N) is 1. The van der Waals surface area contributed by atoms with Crippen molar-refractivity contribution in [1.82, 2.24) is 0 Å². The number of carbonyl (C=O) groups excluding carboxylic acids is 1. The van der Waals surface area contributed by atoms with Crippen molar-refractivity contribution in [3.05, 3.63) is 64.7 Å². The van der Waals surface area contributed by atoms with Gasteiger partial charge in [-0.05, 0) is 42.8 Å². The summed E-state index contributed by atoms with van der Waals surface area (Å²) in [6.07, 6.45) is 0. The van der Waals surface area contributed by atoms with Crippen molar-refractivity contribution in [2.45, 2.75) is 6.92 Å². The van der Waals surface area contributed by atoms with E-state index in [0.29, 0.717) is 11.1 Å². The van der Waals surface area contributed by atoms with Crippen LogP contribution in [0.5, 0.6) is 0 Å². The number of rotatable bonds is 3. The third-order valence-corrected chi connectivity index (χ3v) is 3.11. The molecule has 1 amide bonds. The summed E-state index contributed by atoms with van der Waals surface area (Å²) < 4.78 is 27.5. The molecule has 0 aliphatic rings. The number of amides is 1. The largest absolute Gasteiger partial charge is 0.389 e. The first kappa shape index (κ1) is 15.1. The quantitative estimate of drug-likeness (QED) is 0.857. The zero-order valence-corrected chi connectivity index (χ0v) is 11.9. The Hall–Kier alpha value is -2.34. The van der Waals surface area contributed by atoms with Crippen molar-refractivity contribution >= 4 is 28.8 Å². The molecule has 2 aromatic carbocycles. The Labute approximate surface area is 125 Å². The fourth-order valence-electron chi connectivity index (χ4n) is 1.76. The van der Waals surface area contributed by atoms with E-state index in [1.54, 1.807) is 13.0 Å². The van der Waals surface area contributed by atoms with Gasteiger partial charge in [0.15, 0.2) is 0 Å². The minimum atomic E-state index is -0.727. The lowest BCUT2D eigenvalue weighted by atomic mass is 10.1. The molecule has 0 fully saturated rings. The van der Waals surface area contributed by atoms with E-state index in [1.807, 2.05) is 0 Å². The molecule has 3 N–H and O–H groups in total. The Balaban J connectivity index is 2.25. The molecule has 6 heteroatoms. The van der Waals surface area contributed by atoms with Crippen LogP contribution in [0.1, 0.15) is 21.5 Å². The van der Waals surface area contributed by atoms with Crippen LogP contribution >= 0.6 is 12.2 Å². The van der Waals surface area contributed by atoms with Gasteiger partial charge in [0.2, 0.25) is 0 Å². The van der Waals surface area contributed by atoms with Crippen LogP contribution in [0.4, 0.5) is 14.5 Å². The molecule has 0 atom stereocenters. The second-order valence-electron chi connectivity index (χ2n) is 4.50. The molecule has 0 aliphatic heterocycles. The summed E-state index contributed by atoms with van der Waals surface area (Å²) in [7, 11) is 0. The Morgan fingerprint density at radius 3 is 2.43 bits per heavy atom. The fraction of sp³-hybridized carbons (Fsp3) is 0.0667. The summed E-state index contributed by atoms with van der Waals surface area (Å²) in [5.74, 6) is -2.08. The first-order valence-electron chi connectivity index (χ1n) is 6.05. The molecule has 0 radical (unpaired) electrons. The van der Waals surface area contributed by atoms with Gasteiger partial charge in [-0.2, -0.15) is 0 Å². The Kier molecular flexibility index (Phi) is 4.28. The number of benzene rings is 2. The SMILES string of the molecule is Cc1ccc(C(=O)Nc2ccc(C(N)=S)cc2F)c(F)c1. The van der Waals surface area contributed by atoms with Crippen molar-refractivity contribution in [2.75, 3.05) is 5.32 Å². The van der Waals surface area contributed by atoms with Crippen molar-refractivity contribution in [1.29, 1.82) is 0 Å². The van der Waals surface area contributed by atoms with E-state index in [0.717, 1.165) is 6.07 Å². The van der Waals surface area contributed by atoms with Gasteiger partial charge in [0.05, 0.1) is 11.3 Å². The number of halogens is 2. The maximum absolute atomic E-state index is 13.8. The van der Waals surface area contributed by atoms with E-state index in [2.05, 4.69) is 5.32 Å². The molecule has 21 heavy (non-hydrogen) atoms. The molecule has 0 heterocycles.